The third-order valence-corrected chi connectivity index (χ3v) is 10.6. The molecule has 2 N–H and O–H groups in total. The van der Waals surface area contributed by atoms with Crippen molar-refractivity contribution in [3.8, 4) is 0 Å². The van der Waals surface area contributed by atoms with Gasteiger partial charge in [0, 0.05) is 24.9 Å². The van der Waals surface area contributed by atoms with Gasteiger partial charge in [-0.15, -0.1) is 0 Å². The van der Waals surface area contributed by atoms with E-state index in [1.54, 1.807) is 0 Å². The molecule has 0 spiro atoms. The Labute approximate surface area is 204 Å². The second kappa shape index (κ2) is 9.40. The van der Waals surface area contributed by atoms with E-state index in [0.29, 0.717) is 36.1 Å². The summed E-state index contributed by atoms with van der Waals surface area (Å²) in [5, 5.41) is 10.6. The maximum absolute atomic E-state index is 12.3. The zero-order valence-electron chi connectivity index (χ0n) is 21.3. The molecule has 5 aliphatic rings. The van der Waals surface area contributed by atoms with Crippen LogP contribution in [0.1, 0.15) is 91.4 Å². The van der Waals surface area contributed by atoms with E-state index in [-0.39, 0.29) is 10.8 Å². The summed E-state index contributed by atoms with van der Waals surface area (Å²) in [5.74, 6) is 2.84. The van der Waals surface area contributed by atoms with E-state index >= 15 is 0 Å². The Kier molecular flexibility index (Phi) is 6.64. The van der Waals surface area contributed by atoms with Crippen LogP contribution in [-0.2, 0) is 9.63 Å². The number of fused-ring (bicyclic) bond motifs is 5. The summed E-state index contributed by atoms with van der Waals surface area (Å²) >= 11 is 0. The lowest BCUT2D eigenvalue weighted by molar-refractivity contribution is -0.117. The van der Waals surface area contributed by atoms with Gasteiger partial charge in [0.25, 0.3) is 0 Å². The third kappa shape index (κ3) is 4.25. The van der Waals surface area contributed by atoms with Gasteiger partial charge in [-0.1, -0.05) is 31.0 Å². The molecule has 1 aliphatic heterocycles. The molecule has 6 heteroatoms. The van der Waals surface area contributed by atoms with Crippen LogP contribution >= 0.6 is 0 Å². The average Bonchev–Trinajstić information content (AvgIpc) is 3.19. The minimum absolute atomic E-state index is 0.216. The summed E-state index contributed by atoms with van der Waals surface area (Å²) in [5.41, 5.74) is 2.85. The summed E-state index contributed by atoms with van der Waals surface area (Å²) in [4.78, 5) is 29.6. The van der Waals surface area contributed by atoms with E-state index in [9.17, 15) is 9.59 Å². The predicted octanol–water partition coefficient (Wildman–Crippen LogP) is 5.38. The first-order valence-corrected chi connectivity index (χ1v) is 13.8. The van der Waals surface area contributed by atoms with Crippen molar-refractivity contribution in [3.63, 3.8) is 0 Å². The molecule has 0 aromatic carbocycles. The monoisotopic (exact) mass is 469 g/mol. The fourth-order valence-electron chi connectivity index (χ4n) is 8.76. The Morgan fingerprint density at radius 3 is 2.76 bits per heavy atom. The molecule has 1 heterocycles. The lowest BCUT2D eigenvalue weighted by Gasteiger charge is -2.58. The minimum Gasteiger partial charge on any atom is -0.318 e. The number of amides is 1. The first kappa shape index (κ1) is 24.0. The highest BCUT2D eigenvalue weighted by atomic mass is 16.7. The SMILES string of the molecule is C/C(=N\OC(=O)NC[C@@H]1CCCCN1)[C@H]1CCC2[C@@H]3CCC4=CC(=O)CC[C@]4(C)[C@H]3CC[C@@]21C. The smallest absolute Gasteiger partial charge is 0.318 e. The lowest BCUT2D eigenvalue weighted by atomic mass is 9.46. The van der Waals surface area contributed by atoms with E-state index < -0.39 is 6.09 Å². The van der Waals surface area contributed by atoms with Gasteiger partial charge in [0.1, 0.15) is 0 Å². The number of ketones is 1. The van der Waals surface area contributed by atoms with Gasteiger partial charge in [-0.05, 0) is 106 Å². The van der Waals surface area contributed by atoms with Gasteiger partial charge in [-0.2, -0.15) is 0 Å². The number of allylic oxidation sites excluding steroid dienone is 1. The molecule has 34 heavy (non-hydrogen) atoms. The van der Waals surface area contributed by atoms with Gasteiger partial charge >= 0.3 is 6.09 Å². The van der Waals surface area contributed by atoms with Crippen LogP contribution in [-0.4, -0.2) is 36.7 Å². The Balaban J connectivity index is 1.22. The van der Waals surface area contributed by atoms with Crippen LogP contribution in [0.3, 0.4) is 0 Å². The van der Waals surface area contributed by atoms with E-state index in [4.69, 9.17) is 4.84 Å². The average molecular weight is 470 g/mol. The van der Waals surface area contributed by atoms with Crippen LogP contribution in [0.15, 0.2) is 16.8 Å². The predicted molar refractivity (Wildman–Crippen MR) is 133 cm³/mol. The summed E-state index contributed by atoms with van der Waals surface area (Å²) in [7, 11) is 0. The normalized spacial score (nSPS) is 42.2. The first-order chi connectivity index (χ1) is 16.3. The molecule has 3 saturated carbocycles. The van der Waals surface area contributed by atoms with Gasteiger partial charge in [0.15, 0.2) is 5.78 Å². The van der Waals surface area contributed by atoms with Crippen LogP contribution in [0.4, 0.5) is 4.79 Å². The van der Waals surface area contributed by atoms with Crippen molar-refractivity contribution in [2.45, 2.75) is 97.4 Å². The molecule has 0 aromatic heterocycles. The molecule has 1 saturated heterocycles. The molecular formula is C28H43N3O3. The Bertz CT molecular complexity index is 876. The molecule has 4 fully saturated rings. The highest BCUT2D eigenvalue weighted by Crippen LogP contribution is 2.66. The van der Waals surface area contributed by atoms with Crippen molar-refractivity contribution < 1.29 is 14.4 Å². The molecule has 0 aromatic rings. The van der Waals surface area contributed by atoms with Crippen molar-refractivity contribution >= 4 is 17.6 Å². The maximum Gasteiger partial charge on any atom is 0.433 e. The fraction of sp³-hybridized carbons (Fsp3) is 0.821. The van der Waals surface area contributed by atoms with E-state index in [2.05, 4.69) is 36.6 Å². The fourth-order valence-corrected chi connectivity index (χ4v) is 8.76. The molecule has 1 unspecified atom stereocenters. The number of hydrogen-bond donors (Lipinski definition) is 2. The van der Waals surface area contributed by atoms with Gasteiger partial charge in [-0.25, -0.2) is 4.79 Å². The van der Waals surface area contributed by atoms with Crippen LogP contribution in [0.25, 0.3) is 0 Å². The van der Waals surface area contributed by atoms with Crippen molar-refractivity contribution in [2.24, 2.45) is 39.7 Å². The molecule has 1 amide bonds. The molecule has 6 nitrogen and oxygen atoms in total. The van der Waals surface area contributed by atoms with Crippen molar-refractivity contribution in [2.75, 3.05) is 13.1 Å². The quantitative estimate of drug-likeness (QED) is 0.329. The van der Waals surface area contributed by atoms with Crippen molar-refractivity contribution in [3.05, 3.63) is 11.6 Å². The molecule has 0 bridgehead atoms. The van der Waals surface area contributed by atoms with Gasteiger partial charge in [-0.3, -0.25) is 9.63 Å². The maximum atomic E-state index is 12.3. The van der Waals surface area contributed by atoms with Crippen LogP contribution in [0.2, 0.25) is 0 Å². The topological polar surface area (TPSA) is 79.8 Å². The van der Waals surface area contributed by atoms with Crippen molar-refractivity contribution in [1.29, 1.82) is 0 Å². The molecule has 188 valence electrons. The summed E-state index contributed by atoms with van der Waals surface area (Å²) in [6.07, 6.45) is 13.9. The van der Waals surface area contributed by atoms with E-state index in [0.717, 1.165) is 50.3 Å². The number of piperidine rings is 1. The van der Waals surface area contributed by atoms with Crippen LogP contribution < -0.4 is 10.6 Å². The standard InChI is InChI=1S/C28H43N3O3/c1-18(31-34-26(33)30-17-20-6-4-5-15-29-20)23-9-10-24-22-8-7-19-16-21(32)11-13-27(19,2)25(22)12-14-28(23,24)3/h16,20,22-25,29H,4-15,17H2,1-3H3,(H,30,33)/b31-18+/t20-,22-,23+,24?,25-,27-,28+/m0/s1. The Hall–Kier alpha value is -1.69. The van der Waals surface area contributed by atoms with Crippen LogP contribution in [0, 0.1) is 34.5 Å². The number of nitrogens with zero attached hydrogens (tertiary/aromatic N) is 1. The zero-order chi connectivity index (χ0) is 23.9. The zero-order valence-corrected chi connectivity index (χ0v) is 21.3. The number of carbonyl (C=O) groups excluding carboxylic acids is 2. The van der Waals surface area contributed by atoms with E-state index in [1.807, 2.05) is 6.08 Å². The number of oxime groups is 1. The number of hydrogen-bond acceptors (Lipinski definition) is 5. The summed E-state index contributed by atoms with van der Waals surface area (Å²) in [6.45, 7) is 8.59. The number of rotatable bonds is 4. The van der Waals surface area contributed by atoms with Crippen LogP contribution in [0.5, 0.6) is 0 Å². The molecule has 5 rings (SSSR count). The number of carbonyl (C=O) groups is 2. The Morgan fingerprint density at radius 1 is 1.12 bits per heavy atom. The van der Waals surface area contributed by atoms with Gasteiger partial charge in [0.05, 0.1) is 5.71 Å². The van der Waals surface area contributed by atoms with Crippen molar-refractivity contribution in [1.82, 2.24) is 10.6 Å². The van der Waals surface area contributed by atoms with Gasteiger partial charge < -0.3 is 10.6 Å². The minimum atomic E-state index is -0.443. The third-order valence-electron chi connectivity index (χ3n) is 10.6. The Morgan fingerprint density at radius 2 is 1.97 bits per heavy atom. The summed E-state index contributed by atoms with van der Waals surface area (Å²) in [6, 6.07) is 0.339. The molecule has 4 aliphatic carbocycles. The second-order valence-corrected chi connectivity index (χ2v) is 12.3. The van der Waals surface area contributed by atoms with Gasteiger partial charge in [0.2, 0.25) is 0 Å². The number of nitrogens with one attached hydrogen (secondary N) is 2. The largest absolute Gasteiger partial charge is 0.433 e. The highest BCUT2D eigenvalue weighted by molar-refractivity contribution is 5.91. The molecule has 0 radical (unpaired) electrons. The van der Waals surface area contributed by atoms with E-state index in [1.165, 1.54) is 44.1 Å². The molecular weight excluding hydrogens is 426 g/mol. The highest BCUT2D eigenvalue weighted by Gasteiger charge is 2.59. The first-order valence-electron chi connectivity index (χ1n) is 13.8. The summed E-state index contributed by atoms with van der Waals surface area (Å²) < 4.78 is 0. The lowest BCUT2D eigenvalue weighted by Crippen LogP contribution is -2.51. The second-order valence-electron chi connectivity index (χ2n) is 12.3. The molecule has 7 atom stereocenters.